The zero-order valence-electron chi connectivity index (χ0n) is 17.2. The van der Waals surface area contributed by atoms with Crippen LogP contribution in [0.5, 0.6) is 0 Å². The number of carbonyl (C=O) groups excluding carboxylic acids is 3. The maximum Gasteiger partial charge on any atom is 0.336 e. The zero-order valence-corrected chi connectivity index (χ0v) is 18.7. The maximum atomic E-state index is 13.5. The van der Waals surface area contributed by atoms with E-state index in [1.54, 1.807) is 32.0 Å². The first-order valence-corrected chi connectivity index (χ1v) is 10.4. The fraction of sp³-hybridized carbons (Fsp3) is 0.409. The molecule has 8 heteroatoms. The zero-order chi connectivity index (χ0) is 22.2. The summed E-state index contributed by atoms with van der Waals surface area (Å²) in [6.07, 6.45) is 0.447. The molecular formula is C22H23Cl2NO5. The van der Waals surface area contributed by atoms with Crippen LogP contribution in [0, 0.1) is 11.8 Å². The molecule has 1 heterocycles. The van der Waals surface area contributed by atoms with Gasteiger partial charge >= 0.3 is 11.9 Å². The molecule has 1 N–H and O–H groups in total. The molecule has 0 bridgehead atoms. The van der Waals surface area contributed by atoms with E-state index in [0.29, 0.717) is 34.0 Å². The summed E-state index contributed by atoms with van der Waals surface area (Å²) in [5, 5.41) is 3.74. The van der Waals surface area contributed by atoms with Crippen LogP contribution in [0.4, 0.5) is 0 Å². The van der Waals surface area contributed by atoms with Gasteiger partial charge in [-0.05, 0) is 37.8 Å². The van der Waals surface area contributed by atoms with E-state index in [9.17, 15) is 14.4 Å². The van der Waals surface area contributed by atoms with Crippen molar-refractivity contribution in [1.29, 1.82) is 0 Å². The predicted molar refractivity (Wildman–Crippen MR) is 113 cm³/mol. The molecule has 0 fully saturated rings. The molecule has 1 aliphatic heterocycles. The minimum Gasteiger partial charge on any atom is -0.468 e. The second-order valence-electron chi connectivity index (χ2n) is 7.40. The number of hydrogen-bond acceptors (Lipinski definition) is 6. The third kappa shape index (κ3) is 3.74. The Bertz CT molecular complexity index is 982. The highest BCUT2D eigenvalue weighted by atomic mass is 35.5. The number of carbonyl (C=O) groups is 3. The van der Waals surface area contributed by atoms with Gasteiger partial charge in [-0.2, -0.15) is 0 Å². The van der Waals surface area contributed by atoms with Crippen LogP contribution in [-0.2, 0) is 23.9 Å². The molecule has 1 aromatic rings. The van der Waals surface area contributed by atoms with Crippen molar-refractivity contribution in [3.63, 3.8) is 0 Å². The van der Waals surface area contributed by atoms with E-state index >= 15 is 0 Å². The molecule has 0 radical (unpaired) electrons. The van der Waals surface area contributed by atoms with Crippen molar-refractivity contribution in [2.45, 2.75) is 33.1 Å². The molecule has 0 aromatic heterocycles. The Labute approximate surface area is 185 Å². The van der Waals surface area contributed by atoms with Crippen molar-refractivity contribution >= 4 is 40.9 Å². The monoisotopic (exact) mass is 451 g/mol. The topological polar surface area (TPSA) is 81.7 Å². The van der Waals surface area contributed by atoms with Crippen LogP contribution in [0.2, 0.25) is 10.0 Å². The van der Waals surface area contributed by atoms with Gasteiger partial charge in [0.2, 0.25) is 0 Å². The normalized spacial score (nSPS) is 23.7. The summed E-state index contributed by atoms with van der Waals surface area (Å²) in [6.45, 7) is 5.46. The highest BCUT2D eigenvalue weighted by molar-refractivity contribution is 6.42. The standard InChI is InChI=1S/C22H23Cl2NO5/c1-5-30-22(28)16-11(3)25-14-9-10(2)15(21(27)29-4)20(26)18(14)17(16)12-7-6-8-13(23)19(12)24/h6-8,10,15,17,25H,5,9H2,1-4H3/t10-,15+,17-/m1/s1. The lowest BCUT2D eigenvalue weighted by Gasteiger charge is -2.38. The number of nitrogens with one attached hydrogen (secondary N) is 1. The first-order chi connectivity index (χ1) is 14.2. The van der Waals surface area contributed by atoms with Gasteiger partial charge in [-0.25, -0.2) is 4.79 Å². The highest BCUT2D eigenvalue weighted by Gasteiger charge is 2.47. The second-order valence-corrected chi connectivity index (χ2v) is 8.18. The molecule has 0 saturated heterocycles. The number of dihydropyridines is 1. The van der Waals surface area contributed by atoms with Crippen LogP contribution in [0.15, 0.2) is 40.7 Å². The smallest absolute Gasteiger partial charge is 0.336 e. The number of ketones is 1. The van der Waals surface area contributed by atoms with Gasteiger partial charge in [-0.1, -0.05) is 42.3 Å². The molecule has 160 valence electrons. The Balaban J connectivity index is 2.25. The lowest BCUT2D eigenvalue weighted by molar-refractivity contribution is -0.151. The van der Waals surface area contributed by atoms with Crippen molar-refractivity contribution in [2.75, 3.05) is 13.7 Å². The number of halogens is 2. The van der Waals surface area contributed by atoms with Gasteiger partial charge in [0.15, 0.2) is 5.78 Å². The molecule has 0 saturated carbocycles. The quantitative estimate of drug-likeness (QED) is 0.546. The van der Waals surface area contributed by atoms with Crippen LogP contribution in [0.3, 0.4) is 0 Å². The number of benzene rings is 1. The van der Waals surface area contributed by atoms with E-state index in [1.807, 2.05) is 6.92 Å². The number of ether oxygens (including phenoxy) is 2. The van der Waals surface area contributed by atoms with Gasteiger partial charge < -0.3 is 14.8 Å². The van der Waals surface area contributed by atoms with E-state index < -0.39 is 29.6 Å². The molecule has 3 atom stereocenters. The molecule has 30 heavy (non-hydrogen) atoms. The number of hydrogen-bond donors (Lipinski definition) is 1. The number of esters is 2. The number of methoxy groups -OCH3 is 1. The summed E-state index contributed by atoms with van der Waals surface area (Å²) in [6, 6.07) is 5.06. The number of Topliss-reactive ketones (excluding diaryl/α,β-unsaturated/α-hetero) is 1. The Hall–Kier alpha value is -2.31. The van der Waals surface area contributed by atoms with Crippen LogP contribution >= 0.6 is 23.2 Å². The molecule has 2 aliphatic rings. The summed E-state index contributed by atoms with van der Waals surface area (Å²) < 4.78 is 10.1. The largest absolute Gasteiger partial charge is 0.468 e. The van der Waals surface area contributed by atoms with Crippen molar-refractivity contribution in [1.82, 2.24) is 5.32 Å². The Kier molecular flexibility index (Phi) is 6.58. The molecule has 0 amide bonds. The van der Waals surface area contributed by atoms with Crippen LogP contribution in [-0.4, -0.2) is 31.4 Å². The number of allylic oxidation sites excluding steroid dienone is 3. The summed E-state index contributed by atoms with van der Waals surface area (Å²) in [4.78, 5) is 38.8. The number of rotatable bonds is 4. The van der Waals surface area contributed by atoms with Crippen LogP contribution < -0.4 is 5.32 Å². The van der Waals surface area contributed by atoms with Gasteiger partial charge in [-0.15, -0.1) is 0 Å². The fourth-order valence-corrected chi connectivity index (χ4v) is 4.63. The van der Waals surface area contributed by atoms with Gasteiger partial charge in [0.05, 0.1) is 29.3 Å². The molecule has 0 spiro atoms. The lowest BCUT2D eigenvalue weighted by Crippen LogP contribution is -2.43. The lowest BCUT2D eigenvalue weighted by atomic mass is 9.69. The van der Waals surface area contributed by atoms with E-state index in [-0.39, 0.29) is 23.1 Å². The molecule has 6 nitrogen and oxygen atoms in total. The average Bonchev–Trinajstić information content (AvgIpc) is 2.69. The van der Waals surface area contributed by atoms with E-state index in [0.717, 1.165) is 0 Å². The van der Waals surface area contributed by atoms with Gasteiger partial charge in [0, 0.05) is 22.9 Å². The Morgan fingerprint density at radius 2 is 1.97 bits per heavy atom. The molecule has 3 rings (SSSR count). The Morgan fingerprint density at radius 1 is 1.27 bits per heavy atom. The van der Waals surface area contributed by atoms with Crippen LogP contribution in [0.25, 0.3) is 0 Å². The van der Waals surface area contributed by atoms with E-state index in [1.165, 1.54) is 7.11 Å². The van der Waals surface area contributed by atoms with Crippen molar-refractivity contribution in [3.05, 3.63) is 56.3 Å². The predicted octanol–water partition coefficient (Wildman–Crippen LogP) is 4.17. The Morgan fingerprint density at radius 3 is 2.60 bits per heavy atom. The molecule has 1 aliphatic carbocycles. The SMILES string of the molecule is CCOC(=O)C1=C(C)NC2=C(C(=O)[C@@H](C(=O)OC)[C@H](C)C2)[C@@H]1c1cccc(Cl)c1Cl. The first-order valence-electron chi connectivity index (χ1n) is 9.66. The minimum absolute atomic E-state index is 0.174. The fourth-order valence-electron chi connectivity index (χ4n) is 4.21. The minimum atomic E-state index is -0.960. The second kappa shape index (κ2) is 8.82. The van der Waals surface area contributed by atoms with Gasteiger partial charge in [0.25, 0.3) is 0 Å². The van der Waals surface area contributed by atoms with E-state index in [2.05, 4.69) is 5.32 Å². The summed E-state index contributed by atoms with van der Waals surface area (Å²) >= 11 is 12.7. The van der Waals surface area contributed by atoms with Crippen LogP contribution in [0.1, 0.15) is 38.7 Å². The third-order valence-electron chi connectivity index (χ3n) is 5.53. The summed E-state index contributed by atoms with van der Waals surface area (Å²) in [7, 11) is 1.25. The highest BCUT2D eigenvalue weighted by Crippen LogP contribution is 2.47. The molecule has 1 aromatic carbocycles. The van der Waals surface area contributed by atoms with Crippen molar-refractivity contribution in [2.24, 2.45) is 11.8 Å². The van der Waals surface area contributed by atoms with Gasteiger partial charge in [0.1, 0.15) is 5.92 Å². The summed E-state index contributed by atoms with van der Waals surface area (Å²) in [5.74, 6) is -3.58. The van der Waals surface area contributed by atoms with Crippen molar-refractivity contribution < 1.29 is 23.9 Å². The summed E-state index contributed by atoms with van der Waals surface area (Å²) in [5.41, 5.74) is 2.34. The first kappa shape index (κ1) is 22.4. The molecular weight excluding hydrogens is 429 g/mol. The third-order valence-corrected chi connectivity index (χ3v) is 6.36. The molecule has 0 unspecified atom stereocenters. The van der Waals surface area contributed by atoms with E-state index in [4.69, 9.17) is 32.7 Å². The van der Waals surface area contributed by atoms with Gasteiger partial charge in [-0.3, -0.25) is 9.59 Å². The average molecular weight is 452 g/mol. The van der Waals surface area contributed by atoms with Crippen molar-refractivity contribution in [3.8, 4) is 0 Å². The maximum absolute atomic E-state index is 13.5.